The fourth-order valence-electron chi connectivity index (χ4n) is 0.491. The lowest BCUT2D eigenvalue weighted by molar-refractivity contribution is -0.128. The van der Waals surface area contributed by atoms with Crippen LogP contribution in [0.2, 0.25) is 0 Å². The van der Waals surface area contributed by atoms with Gasteiger partial charge >= 0.3 is 0 Å². The molecule has 0 unspecified atom stereocenters. The van der Waals surface area contributed by atoms with Crippen molar-refractivity contribution in [1.29, 1.82) is 0 Å². The summed E-state index contributed by atoms with van der Waals surface area (Å²) >= 11 is 5.23. The number of halogens is 1. The Morgan fingerprint density at radius 2 is 1.83 bits per heavy atom. The van der Waals surface area contributed by atoms with Crippen LogP contribution >= 0.6 is 11.6 Å². The van der Waals surface area contributed by atoms with Gasteiger partial charge in [-0.25, -0.2) is 0 Å². The first-order valence-electron chi connectivity index (χ1n) is 3.74. The molecule has 1 amide bonds. The van der Waals surface area contributed by atoms with Gasteiger partial charge in [-0.05, 0) is 0 Å². The molecule has 0 aromatic carbocycles. The Hall–Kier alpha value is -0.570. The Balaban J connectivity index is 3.81. The normalized spacial score (nSPS) is 11.0. The van der Waals surface area contributed by atoms with E-state index < -0.39 is 5.41 Å². The molecule has 0 aromatic heterocycles. The SMILES string of the molecule is CC(C)(C)C(=O)CNC(=O)CCl. The highest BCUT2D eigenvalue weighted by Gasteiger charge is 2.20. The Morgan fingerprint density at radius 1 is 1.33 bits per heavy atom. The number of nitrogens with one attached hydrogen (secondary N) is 1. The topological polar surface area (TPSA) is 46.2 Å². The summed E-state index contributed by atoms with van der Waals surface area (Å²) in [7, 11) is 0. The fraction of sp³-hybridized carbons (Fsp3) is 0.750. The van der Waals surface area contributed by atoms with E-state index in [9.17, 15) is 9.59 Å². The van der Waals surface area contributed by atoms with Gasteiger partial charge in [0.05, 0.1) is 6.54 Å². The average molecular weight is 192 g/mol. The van der Waals surface area contributed by atoms with Crippen molar-refractivity contribution in [2.75, 3.05) is 12.4 Å². The second-order valence-corrected chi connectivity index (χ2v) is 3.85. The highest BCUT2D eigenvalue weighted by atomic mass is 35.5. The standard InChI is InChI=1S/C8H14ClNO2/c1-8(2,3)6(11)5-10-7(12)4-9/h4-5H2,1-3H3,(H,10,12). The van der Waals surface area contributed by atoms with Crippen molar-refractivity contribution < 1.29 is 9.59 Å². The summed E-state index contributed by atoms with van der Waals surface area (Å²) in [6, 6.07) is 0. The molecule has 3 nitrogen and oxygen atoms in total. The van der Waals surface area contributed by atoms with E-state index in [-0.39, 0.29) is 24.1 Å². The minimum absolute atomic E-state index is 0.000895. The van der Waals surface area contributed by atoms with E-state index in [0.29, 0.717) is 0 Å². The number of carbonyl (C=O) groups excluding carboxylic acids is 2. The zero-order valence-electron chi connectivity index (χ0n) is 7.61. The lowest BCUT2D eigenvalue weighted by Crippen LogP contribution is -2.35. The van der Waals surface area contributed by atoms with Crippen LogP contribution in [0.25, 0.3) is 0 Å². The molecule has 70 valence electrons. The molecule has 0 atom stereocenters. The summed E-state index contributed by atoms with van der Waals surface area (Å²) in [4.78, 5) is 21.9. The molecule has 0 fully saturated rings. The largest absolute Gasteiger partial charge is 0.348 e. The molecule has 4 heteroatoms. The monoisotopic (exact) mass is 191 g/mol. The van der Waals surface area contributed by atoms with Crippen molar-refractivity contribution >= 4 is 23.3 Å². The van der Waals surface area contributed by atoms with E-state index in [1.807, 2.05) is 20.8 Å². The van der Waals surface area contributed by atoms with Crippen LogP contribution in [-0.2, 0) is 9.59 Å². The predicted octanol–water partition coefficient (Wildman–Crippen LogP) is 0.957. The molecule has 0 heterocycles. The number of amides is 1. The first-order chi connectivity index (χ1) is 5.38. The third kappa shape index (κ3) is 4.34. The summed E-state index contributed by atoms with van der Waals surface area (Å²) in [5, 5.41) is 2.42. The molecular formula is C8H14ClNO2. The lowest BCUT2D eigenvalue weighted by atomic mass is 9.91. The predicted molar refractivity (Wildman–Crippen MR) is 48.2 cm³/mol. The van der Waals surface area contributed by atoms with Gasteiger partial charge in [0.1, 0.15) is 5.88 Å². The van der Waals surface area contributed by atoms with Crippen LogP contribution in [0.1, 0.15) is 20.8 Å². The molecule has 0 bridgehead atoms. The van der Waals surface area contributed by atoms with Gasteiger partial charge in [-0.2, -0.15) is 0 Å². The molecule has 0 saturated heterocycles. The van der Waals surface area contributed by atoms with E-state index in [4.69, 9.17) is 11.6 Å². The van der Waals surface area contributed by atoms with Gasteiger partial charge in [-0.15, -0.1) is 11.6 Å². The number of Topliss-reactive ketones (excluding diaryl/α,β-unsaturated/α-hetero) is 1. The lowest BCUT2D eigenvalue weighted by Gasteiger charge is -2.16. The van der Waals surface area contributed by atoms with Crippen molar-refractivity contribution in [1.82, 2.24) is 5.32 Å². The molecule has 0 saturated carbocycles. The second kappa shape index (κ2) is 4.45. The van der Waals surface area contributed by atoms with Gasteiger partial charge in [0.2, 0.25) is 5.91 Å². The van der Waals surface area contributed by atoms with Gasteiger partial charge in [-0.1, -0.05) is 20.8 Å². The maximum Gasteiger partial charge on any atom is 0.235 e. The number of rotatable bonds is 3. The molecule has 0 aliphatic heterocycles. The summed E-state index contributed by atoms with van der Waals surface area (Å²) in [5.74, 6) is -0.410. The van der Waals surface area contributed by atoms with Crippen molar-refractivity contribution in [2.45, 2.75) is 20.8 Å². The van der Waals surface area contributed by atoms with E-state index in [2.05, 4.69) is 5.32 Å². The highest BCUT2D eigenvalue weighted by Crippen LogP contribution is 2.13. The van der Waals surface area contributed by atoms with Crippen LogP contribution in [0.3, 0.4) is 0 Å². The molecule has 0 aliphatic carbocycles. The smallest absolute Gasteiger partial charge is 0.235 e. The summed E-state index contributed by atoms with van der Waals surface area (Å²) in [6.45, 7) is 5.49. The third-order valence-electron chi connectivity index (χ3n) is 1.40. The fourth-order valence-corrected chi connectivity index (χ4v) is 0.586. The molecule has 0 radical (unpaired) electrons. The van der Waals surface area contributed by atoms with Gasteiger partial charge < -0.3 is 5.32 Å². The quantitative estimate of drug-likeness (QED) is 0.676. The zero-order valence-corrected chi connectivity index (χ0v) is 8.36. The van der Waals surface area contributed by atoms with Gasteiger partial charge in [-0.3, -0.25) is 9.59 Å². The van der Waals surface area contributed by atoms with Crippen LogP contribution in [-0.4, -0.2) is 24.1 Å². The average Bonchev–Trinajstić information content (AvgIpc) is 1.97. The van der Waals surface area contributed by atoms with E-state index in [1.165, 1.54) is 0 Å². The van der Waals surface area contributed by atoms with E-state index in [1.54, 1.807) is 0 Å². The summed E-state index contributed by atoms with van der Waals surface area (Å²) in [5.41, 5.74) is -0.403. The van der Waals surface area contributed by atoms with Gasteiger partial charge in [0, 0.05) is 5.41 Å². The molecular weight excluding hydrogens is 178 g/mol. The summed E-state index contributed by atoms with van der Waals surface area (Å²) in [6.07, 6.45) is 0. The number of alkyl halides is 1. The highest BCUT2D eigenvalue weighted by molar-refractivity contribution is 6.27. The Labute approximate surface area is 77.5 Å². The second-order valence-electron chi connectivity index (χ2n) is 3.58. The first-order valence-corrected chi connectivity index (χ1v) is 4.27. The van der Waals surface area contributed by atoms with Crippen LogP contribution in [0, 0.1) is 5.41 Å². The first kappa shape index (κ1) is 11.4. The van der Waals surface area contributed by atoms with E-state index in [0.717, 1.165) is 0 Å². The number of ketones is 1. The van der Waals surface area contributed by atoms with Crippen molar-refractivity contribution in [3.05, 3.63) is 0 Å². The molecule has 0 aromatic rings. The number of hydrogen-bond donors (Lipinski definition) is 1. The molecule has 12 heavy (non-hydrogen) atoms. The molecule has 0 spiro atoms. The van der Waals surface area contributed by atoms with Crippen molar-refractivity contribution in [2.24, 2.45) is 5.41 Å². The zero-order chi connectivity index (χ0) is 9.78. The molecule has 0 aliphatic rings. The van der Waals surface area contributed by atoms with Crippen LogP contribution in [0.5, 0.6) is 0 Å². The number of hydrogen-bond acceptors (Lipinski definition) is 2. The Morgan fingerprint density at radius 3 is 2.17 bits per heavy atom. The third-order valence-corrected chi connectivity index (χ3v) is 1.65. The van der Waals surface area contributed by atoms with Crippen LogP contribution in [0.15, 0.2) is 0 Å². The number of carbonyl (C=O) groups is 2. The van der Waals surface area contributed by atoms with E-state index >= 15 is 0 Å². The molecule has 0 rings (SSSR count). The maximum atomic E-state index is 11.2. The van der Waals surface area contributed by atoms with Crippen LogP contribution < -0.4 is 5.32 Å². The Kier molecular flexibility index (Phi) is 4.24. The van der Waals surface area contributed by atoms with Crippen molar-refractivity contribution in [3.63, 3.8) is 0 Å². The maximum absolute atomic E-state index is 11.2. The van der Waals surface area contributed by atoms with Crippen LogP contribution in [0.4, 0.5) is 0 Å². The minimum atomic E-state index is -0.403. The minimum Gasteiger partial charge on any atom is -0.348 e. The molecule has 1 N–H and O–H groups in total. The van der Waals surface area contributed by atoms with Gasteiger partial charge in [0.25, 0.3) is 0 Å². The van der Waals surface area contributed by atoms with Crippen molar-refractivity contribution in [3.8, 4) is 0 Å². The van der Waals surface area contributed by atoms with Gasteiger partial charge in [0.15, 0.2) is 5.78 Å². The Bertz CT molecular complexity index is 184. The summed E-state index contributed by atoms with van der Waals surface area (Å²) < 4.78 is 0.